The maximum absolute atomic E-state index is 12.1. The molecule has 1 amide bonds. The average Bonchev–Trinajstić information content (AvgIpc) is 3.08. The molecule has 0 fully saturated rings. The first-order valence-corrected chi connectivity index (χ1v) is 10.1. The van der Waals surface area contributed by atoms with Crippen LogP contribution in [0.2, 0.25) is 0 Å². The van der Waals surface area contributed by atoms with E-state index in [0.29, 0.717) is 23.4 Å². The van der Waals surface area contributed by atoms with Gasteiger partial charge in [0.05, 0.1) is 10.2 Å². The molecule has 0 spiro atoms. The number of anilines is 1. The number of thioether (sulfide) groups is 1. The molecule has 0 radical (unpaired) electrons. The molecule has 0 saturated carbocycles. The molecule has 0 atom stereocenters. The van der Waals surface area contributed by atoms with Crippen LogP contribution in [0.25, 0.3) is 10.2 Å². The number of hydrogen-bond donors (Lipinski definition) is 1. The summed E-state index contributed by atoms with van der Waals surface area (Å²) < 4.78 is 7.51. The van der Waals surface area contributed by atoms with E-state index >= 15 is 0 Å². The monoisotopic (exact) mass is 386 g/mol. The van der Waals surface area contributed by atoms with Gasteiger partial charge in [-0.3, -0.25) is 9.59 Å². The topological polar surface area (TPSA) is 68.3 Å². The summed E-state index contributed by atoms with van der Waals surface area (Å²) in [7, 11) is 0. The first-order chi connectivity index (χ1) is 12.6. The fourth-order valence-corrected chi connectivity index (χ4v) is 3.88. The molecular formula is C19H18N2O3S2. The molecule has 0 bridgehead atoms. The third kappa shape index (κ3) is 4.42. The number of fused-ring (bicyclic) bond motifs is 1. The zero-order chi connectivity index (χ0) is 18.5. The van der Waals surface area contributed by atoms with Gasteiger partial charge < -0.3 is 10.1 Å². The molecule has 3 aromatic rings. The van der Waals surface area contributed by atoms with Gasteiger partial charge in [-0.25, -0.2) is 4.98 Å². The van der Waals surface area contributed by atoms with Crippen LogP contribution in [0.1, 0.15) is 23.7 Å². The highest BCUT2D eigenvalue weighted by Crippen LogP contribution is 2.29. The van der Waals surface area contributed by atoms with Crippen molar-refractivity contribution >= 4 is 50.7 Å². The quantitative estimate of drug-likeness (QED) is 0.474. The Morgan fingerprint density at radius 1 is 1.19 bits per heavy atom. The van der Waals surface area contributed by atoms with Crippen molar-refractivity contribution in [3.63, 3.8) is 0 Å². The van der Waals surface area contributed by atoms with Crippen LogP contribution in [-0.2, 0) is 4.79 Å². The van der Waals surface area contributed by atoms with E-state index in [9.17, 15) is 9.59 Å². The van der Waals surface area contributed by atoms with E-state index < -0.39 is 0 Å². The summed E-state index contributed by atoms with van der Waals surface area (Å²) in [5.74, 6) is 0.389. The maximum Gasteiger partial charge on any atom is 0.262 e. The number of Topliss-reactive ketones (excluding diaryl/α,β-unsaturated/α-hetero) is 1. The van der Waals surface area contributed by atoms with Gasteiger partial charge in [-0.2, -0.15) is 0 Å². The molecule has 0 aliphatic carbocycles. The fraction of sp³-hybridized carbons (Fsp3) is 0.211. The van der Waals surface area contributed by atoms with Gasteiger partial charge in [0, 0.05) is 17.7 Å². The molecule has 7 heteroatoms. The first kappa shape index (κ1) is 18.4. The van der Waals surface area contributed by atoms with Crippen LogP contribution in [0.5, 0.6) is 5.75 Å². The smallest absolute Gasteiger partial charge is 0.262 e. The average molecular weight is 386 g/mol. The molecule has 1 N–H and O–H groups in total. The second-order valence-electron chi connectivity index (χ2n) is 5.50. The van der Waals surface area contributed by atoms with E-state index in [1.807, 2.05) is 31.4 Å². The second-order valence-corrected chi connectivity index (χ2v) is 7.59. The predicted octanol–water partition coefficient (Wildman–Crippen LogP) is 4.63. The number of thiazole rings is 1. The van der Waals surface area contributed by atoms with Gasteiger partial charge in [-0.15, -0.1) is 11.3 Å². The third-order valence-corrected chi connectivity index (χ3v) is 5.70. The second kappa shape index (κ2) is 8.33. The molecule has 26 heavy (non-hydrogen) atoms. The number of carbonyl (C=O) groups excluding carboxylic acids is 2. The molecule has 1 heterocycles. The lowest BCUT2D eigenvalue weighted by atomic mass is 10.1. The fourth-order valence-electron chi connectivity index (χ4n) is 2.36. The van der Waals surface area contributed by atoms with Crippen molar-refractivity contribution in [3.05, 3.63) is 48.0 Å². The molecule has 0 aliphatic rings. The summed E-state index contributed by atoms with van der Waals surface area (Å²) in [4.78, 5) is 28.2. The molecule has 0 aliphatic heterocycles. The van der Waals surface area contributed by atoms with Crippen LogP contribution in [0.4, 0.5) is 5.69 Å². The Morgan fingerprint density at radius 2 is 1.96 bits per heavy atom. The normalized spacial score (nSPS) is 10.7. The van der Waals surface area contributed by atoms with E-state index in [4.69, 9.17) is 4.74 Å². The van der Waals surface area contributed by atoms with Crippen molar-refractivity contribution < 1.29 is 14.3 Å². The van der Waals surface area contributed by atoms with Crippen LogP contribution in [0, 0.1) is 0 Å². The number of aromatic nitrogens is 1. The highest BCUT2D eigenvalue weighted by atomic mass is 32.2. The maximum atomic E-state index is 12.1. The van der Waals surface area contributed by atoms with Crippen molar-refractivity contribution in [1.82, 2.24) is 4.98 Å². The van der Waals surface area contributed by atoms with Gasteiger partial charge in [-0.1, -0.05) is 18.7 Å². The number of nitrogens with one attached hydrogen (secondary N) is 1. The number of nitrogens with zero attached hydrogens (tertiary/aromatic N) is 1. The minimum absolute atomic E-state index is 0.0809. The molecule has 2 aromatic carbocycles. The lowest BCUT2D eigenvalue weighted by Crippen LogP contribution is -2.20. The van der Waals surface area contributed by atoms with Gasteiger partial charge in [-0.05, 0) is 48.7 Å². The van der Waals surface area contributed by atoms with Gasteiger partial charge in [0.1, 0.15) is 5.75 Å². The third-order valence-electron chi connectivity index (χ3n) is 3.69. The van der Waals surface area contributed by atoms with Gasteiger partial charge in [0.2, 0.25) is 0 Å². The van der Waals surface area contributed by atoms with Crippen LogP contribution in [0.3, 0.4) is 0 Å². The van der Waals surface area contributed by atoms with Crippen LogP contribution in [0.15, 0.2) is 46.8 Å². The Kier molecular flexibility index (Phi) is 5.90. The van der Waals surface area contributed by atoms with E-state index in [-0.39, 0.29) is 18.3 Å². The Balaban J connectivity index is 1.57. The van der Waals surface area contributed by atoms with E-state index in [1.54, 1.807) is 47.4 Å². The summed E-state index contributed by atoms with van der Waals surface area (Å²) >= 11 is 3.20. The number of carbonyl (C=O) groups is 2. The highest BCUT2D eigenvalue weighted by Gasteiger charge is 2.08. The summed E-state index contributed by atoms with van der Waals surface area (Å²) in [5, 5.41) is 2.82. The minimum atomic E-state index is -0.243. The highest BCUT2D eigenvalue weighted by molar-refractivity contribution is 8.00. The molecule has 0 unspecified atom stereocenters. The lowest BCUT2D eigenvalue weighted by molar-refractivity contribution is -0.118. The number of ether oxygens (including phenoxy) is 1. The van der Waals surface area contributed by atoms with Crippen molar-refractivity contribution in [2.24, 2.45) is 0 Å². The predicted molar refractivity (Wildman–Crippen MR) is 107 cm³/mol. The van der Waals surface area contributed by atoms with Gasteiger partial charge in [0.25, 0.3) is 5.91 Å². The van der Waals surface area contributed by atoms with E-state index in [0.717, 1.165) is 14.6 Å². The van der Waals surface area contributed by atoms with E-state index in [2.05, 4.69) is 10.3 Å². The standard InChI is InChI=1S/C19H18N2O3S2/c1-3-16(22)12-4-7-14(8-5-12)24-11-18(23)20-13-6-9-15-17(10-13)26-19(21-15)25-2/h4-10H,3,11H2,1-2H3,(H,20,23). The van der Waals surface area contributed by atoms with E-state index in [1.165, 1.54) is 0 Å². The van der Waals surface area contributed by atoms with Crippen molar-refractivity contribution in [3.8, 4) is 5.75 Å². The number of amides is 1. The molecule has 0 saturated heterocycles. The Morgan fingerprint density at radius 3 is 2.65 bits per heavy atom. The molecule has 5 nitrogen and oxygen atoms in total. The molecule has 1 aromatic heterocycles. The van der Waals surface area contributed by atoms with Crippen LogP contribution >= 0.6 is 23.1 Å². The Labute approximate surface area is 159 Å². The van der Waals surface area contributed by atoms with Crippen molar-refractivity contribution in [2.75, 3.05) is 18.2 Å². The molecular weight excluding hydrogens is 368 g/mol. The zero-order valence-electron chi connectivity index (χ0n) is 14.4. The lowest BCUT2D eigenvalue weighted by Gasteiger charge is -2.08. The number of ketones is 1. The summed E-state index contributed by atoms with van der Waals surface area (Å²) in [5.41, 5.74) is 2.29. The van der Waals surface area contributed by atoms with Crippen LogP contribution < -0.4 is 10.1 Å². The van der Waals surface area contributed by atoms with Crippen LogP contribution in [-0.4, -0.2) is 29.5 Å². The summed E-state index contributed by atoms with van der Waals surface area (Å²) in [6.45, 7) is 1.72. The summed E-state index contributed by atoms with van der Waals surface area (Å²) in [6.07, 6.45) is 2.45. The Bertz CT molecular complexity index is 936. The Hall–Kier alpha value is -2.38. The van der Waals surface area contributed by atoms with Gasteiger partial charge in [0.15, 0.2) is 16.7 Å². The largest absolute Gasteiger partial charge is 0.484 e. The summed E-state index contributed by atoms with van der Waals surface area (Å²) in [6, 6.07) is 12.4. The zero-order valence-corrected chi connectivity index (χ0v) is 16.1. The SMILES string of the molecule is CCC(=O)c1ccc(OCC(=O)Nc2ccc3nc(SC)sc3c2)cc1. The number of benzene rings is 2. The van der Waals surface area contributed by atoms with Crippen molar-refractivity contribution in [1.29, 1.82) is 0 Å². The van der Waals surface area contributed by atoms with Gasteiger partial charge >= 0.3 is 0 Å². The first-order valence-electron chi connectivity index (χ1n) is 8.09. The molecule has 134 valence electrons. The van der Waals surface area contributed by atoms with Crippen molar-refractivity contribution in [2.45, 2.75) is 17.7 Å². The number of rotatable bonds is 7. The number of hydrogen-bond acceptors (Lipinski definition) is 6. The minimum Gasteiger partial charge on any atom is -0.484 e. The molecule has 3 rings (SSSR count).